The number of rotatable bonds is 1. The van der Waals surface area contributed by atoms with Crippen molar-refractivity contribution in [1.29, 1.82) is 0 Å². The largest absolute Gasteiger partial charge is 0.382 e. The Kier molecular flexibility index (Phi) is 1.98. The Morgan fingerprint density at radius 2 is 2.00 bits per heavy atom. The molecule has 0 aliphatic carbocycles. The molecular formula is C12H10N4O. The van der Waals surface area contributed by atoms with Crippen LogP contribution in [0, 0.1) is 0 Å². The molecule has 1 aromatic carbocycles. The maximum Gasteiger partial charge on any atom is 0.272 e. The average Bonchev–Trinajstić information content (AvgIpc) is 2.76. The van der Waals surface area contributed by atoms with Gasteiger partial charge in [-0.15, -0.1) is 0 Å². The van der Waals surface area contributed by atoms with Crippen LogP contribution >= 0.6 is 0 Å². The zero-order valence-corrected chi connectivity index (χ0v) is 8.90. The third-order valence-electron chi connectivity index (χ3n) is 2.70. The van der Waals surface area contributed by atoms with Gasteiger partial charge in [0.1, 0.15) is 5.82 Å². The number of hydrogen-bond donors (Lipinski definition) is 3. The zero-order valence-electron chi connectivity index (χ0n) is 8.90. The second-order valence-corrected chi connectivity index (χ2v) is 3.78. The average molecular weight is 226 g/mol. The molecule has 5 heteroatoms. The van der Waals surface area contributed by atoms with Gasteiger partial charge >= 0.3 is 0 Å². The maximum absolute atomic E-state index is 11.7. The van der Waals surface area contributed by atoms with Gasteiger partial charge < -0.3 is 10.7 Å². The Hall–Kier alpha value is -2.56. The molecule has 2 aromatic heterocycles. The predicted octanol–water partition coefficient (Wildman–Crippen LogP) is 1.50. The van der Waals surface area contributed by atoms with Crippen molar-refractivity contribution >= 4 is 16.7 Å². The molecule has 0 unspecified atom stereocenters. The van der Waals surface area contributed by atoms with E-state index in [1.54, 1.807) is 12.3 Å². The van der Waals surface area contributed by atoms with Crippen molar-refractivity contribution in [3.8, 4) is 11.1 Å². The van der Waals surface area contributed by atoms with Gasteiger partial charge in [0.15, 0.2) is 0 Å². The van der Waals surface area contributed by atoms with Crippen LogP contribution in [0.5, 0.6) is 0 Å². The number of nitrogens with two attached hydrogens (primary N) is 1. The number of aromatic amines is 2. The van der Waals surface area contributed by atoms with Crippen molar-refractivity contribution in [2.24, 2.45) is 0 Å². The van der Waals surface area contributed by atoms with E-state index in [1.807, 2.05) is 24.3 Å². The van der Waals surface area contributed by atoms with Gasteiger partial charge in [0.2, 0.25) is 0 Å². The summed E-state index contributed by atoms with van der Waals surface area (Å²) >= 11 is 0. The molecule has 0 saturated carbocycles. The standard InChI is InChI=1S/C12H10N4O/c13-11-5-8(12(17)16-15-11)9-6-14-10-4-2-1-3-7(9)10/h1-6,14H,(H2,13,15)(H,16,17). The summed E-state index contributed by atoms with van der Waals surface area (Å²) in [6.07, 6.45) is 1.80. The summed E-state index contributed by atoms with van der Waals surface area (Å²) in [5.41, 5.74) is 7.68. The minimum atomic E-state index is -0.246. The monoisotopic (exact) mass is 226 g/mol. The molecule has 0 amide bonds. The van der Waals surface area contributed by atoms with Crippen LogP contribution in [-0.4, -0.2) is 15.2 Å². The number of nitrogen functional groups attached to an aromatic ring is 1. The van der Waals surface area contributed by atoms with Crippen LogP contribution in [0.2, 0.25) is 0 Å². The third kappa shape index (κ3) is 1.48. The second-order valence-electron chi connectivity index (χ2n) is 3.78. The Labute approximate surface area is 96.3 Å². The number of hydrogen-bond acceptors (Lipinski definition) is 3. The van der Waals surface area contributed by atoms with Crippen molar-refractivity contribution in [1.82, 2.24) is 15.2 Å². The first-order valence-corrected chi connectivity index (χ1v) is 5.17. The SMILES string of the molecule is Nc1cc(-c2c[nH]c3ccccc23)c(=O)[nH]n1. The molecule has 0 saturated heterocycles. The van der Waals surface area contributed by atoms with Gasteiger partial charge in [0.05, 0.1) is 5.56 Å². The molecule has 4 N–H and O–H groups in total. The Balaban J connectivity index is 2.35. The van der Waals surface area contributed by atoms with E-state index in [4.69, 9.17) is 5.73 Å². The Bertz CT molecular complexity index is 741. The van der Waals surface area contributed by atoms with Crippen LogP contribution in [0.4, 0.5) is 5.82 Å². The lowest BCUT2D eigenvalue weighted by molar-refractivity contribution is 1.00. The number of para-hydroxylation sites is 1. The third-order valence-corrected chi connectivity index (χ3v) is 2.70. The summed E-state index contributed by atoms with van der Waals surface area (Å²) in [6.45, 7) is 0. The van der Waals surface area contributed by atoms with Gasteiger partial charge in [0, 0.05) is 22.7 Å². The molecule has 0 spiro atoms. The lowest BCUT2D eigenvalue weighted by Crippen LogP contribution is -2.11. The van der Waals surface area contributed by atoms with Crippen molar-refractivity contribution in [3.63, 3.8) is 0 Å². The van der Waals surface area contributed by atoms with Crippen LogP contribution in [0.3, 0.4) is 0 Å². The Morgan fingerprint density at radius 1 is 1.18 bits per heavy atom. The number of nitrogens with zero attached hydrogens (tertiary/aromatic N) is 1. The number of fused-ring (bicyclic) bond motifs is 1. The highest BCUT2D eigenvalue weighted by molar-refractivity contribution is 5.95. The molecule has 17 heavy (non-hydrogen) atoms. The van der Waals surface area contributed by atoms with Crippen molar-refractivity contribution in [2.45, 2.75) is 0 Å². The highest BCUT2D eigenvalue weighted by Crippen LogP contribution is 2.26. The summed E-state index contributed by atoms with van der Waals surface area (Å²) in [5.74, 6) is 0.296. The highest BCUT2D eigenvalue weighted by Gasteiger charge is 2.09. The van der Waals surface area contributed by atoms with Crippen LogP contribution < -0.4 is 11.3 Å². The van der Waals surface area contributed by atoms with Gasteiger partial charge in [-0.05, 0) is 12.1 Å². The summed E-state index contributed by atoms with van der Waals surface area (Å²) in [6, 6.07) is 9.36. The minimum Gasteiger partial charge on any atom is -0.382 e. The molecule has 0 aliphatic heterocycles. The second kappa shape index (κ2) is 3.48. The van der Waals surface area contributed by atoms with E-state index in [2.05, 4.69) is 15.2 Å². The fourth-order valence-electron chi connectivity index (χ4n) is 1.92. The first-order valence-electron chi connectivity index (χ1n) is 5.17. The van der Waals surface area contributed by atoms with Gasteiger partial charge in [-0.25, -0.2) is 5.10 Å². The summed E-state index contributed by atoms with van der Waals surface area (Å²) in [4.78, 5) is 14.8. The van der Waals surface area contributed by atoms with Crippen LogP contribution in [0.25, 0.3) is 22.0 Å². The topological polar surface area (TPSA) is 87.6 Å². The minimum absolute atomic E-state index is 0.246. The summed E-state index contributed by atoms with van der Waals surface area (Å²) < 4.78 is 0. The molecular weight excluding hydrogens is 216 g/mol. The van der Waals surface area contributed by atoms with Gasteiger partial charge in [-0.1, -0.05) is 18.2 Å². The molecule has 2 heterocycles. The number of H-pyrrole nitrogens is 2. The molecule has 0 radical (unpaired) electrons. The molecule has 0 atom stereocenters. The molecule has 3 rings (SSSR count). The normalized spacial score (nSPS) is 10.8. The fourth-order valence-corrected chi connectivity index (χ4v) is 1.92. The highest BCUT2D eigenvalue weighted by atomic mass is 16.1. The molecule has 84 valence electrons. The van der Waals surface area contributed by atoms with Gasteiger partial charge in [-0.2, -0.15) is 5.10 Å². The van der Waals surface area contributed by atoms with Crippen LogP contribution in [0.15, 0.2) is 41.3 Å². The van der Waals surface area contributed by atoms with Crippen LogP contribution in [0.1, 0.15) is 0 Å². The van der Waals surface area contributed by atoms with E-state index in [1.165, 1.54) is 0 Å². The first-order chi connectivity index (χ1) is 8.25. The van der Waals surface area contributed by atoms with E-state index in [0.717, 1.165) is 16.5 Å². The van der Waals surface area contributed by atoms with E-state index in [9.17, 15) is 4.79 Å². The smallest absolute Gasteiger partial charge is 0.272 e. The lowest BCUT2D eigenvalue weighted by atomic mass is 10.1. The predicted molar refractivity (Wildman–Crippen MR) is 66.6 cm³/mol. The van der Waals surface area contributed by atoms with Gasteiger partial charge in [-0.3, -0.25) is 4.79 Å². The van der Waals surface area contributed by atoms with Gasteiger partial charge in [0.25, 0.3) is 5.56 Å². The number of aromatic nitrogens is 3. The number of nitrogens with one attached hydrogen (secondary N) is 2. The van der Waals surface area contributed by atoms with Crippen molar-refractivity contribution < 1.29 is 0 Å². The quantitative estimate of drug-likeness (QED) is 0.587. The van der Waals surface area contributed by atoms with Crippen molar-refractivity contribution in [3.05, 3.63) is 46.9 Å². The zero-order chi connectivity index (χ0) is 11.8. The summed E-state index contributed by atoms with van der Waals surface area (Å²) in [5, 5.41) is 7.03. The van der Waals surface area contributed by atoms with E-state index in [-0.39, 0.29) is 5.56 Å². The maximum atomic E-state index is 11.7. The molecule has 0 bridgehead atoms. The summed E-state index contributed by atoms with van der Waals surface area (Å²) in [7, 11) is 0. The molecule has 0 aliphatic rings. The first kappa shape index (κ1) is 9.65. The molecule has 0 fully saturated rings. The van der Waals surface area contributed by atoms with E-state index in [0.29, 0.717) is 11.4 Å². The molecule has 5 nitrogen and oxygen atoms in total. The van der Waals surface area contributed by atoms with E-state index >= 15 is 0 Å². The lowest BCUT2D eigenvalue weighted by Gasteiger charge is -1.99. The fraction of sp³-hybridized carbons (Fsp3) is 0. The van der Waals surface area contributed by atoms with Crippen LogP contribution in [-0.2, 0) is 0 Å². The Morgan fingerprint density at radius 3 is 2.88 bits per heavy atom. The van der Waals surface area contributed by atoms with E-state index < -0.39 is 0 Å². The van der Waals surface area contributed by atoms with Crippen molar-refractivity contribution in [2.75, 3.05) is 5.73 Å². The number of anilines is 1. The number of benzene rings is 1. The molecule has 3 aromatic rings.